The number of pyridine rings is 1. The Morgan fingerprint density at radius 1 is 1.20 bits per heavy atom. The number of aromatic nitrogens is 4. The van der Waals surface area contributed by atoms with Crippen LogP contribution in [0.2, 0.25) is 0 Å². The molecule has 6 heteroatoms. The molecule has 0 aliphatic carbocycles. The van der Waals surface area contributed by atoms with E-state index in [2.05, 4.69) is 27.6 Å². The van der Waals surface area contributed by atoms with Gasteiger partial charge in [0.05, 0.1) is 23.6 Å². The maximum Gasteiger partial charge on any atom is 0.0894 e. The molecule has 0 fully saturated rings. The number of nitrogens with zero attached hydrogens (tertiary/aromatic N) is 4. The molecule has 0 aliphatic heterocycles. The average molecular weight is 270 g/mol. The van der Waals surface area contributed by atoms with E-state index in [0.717, 1.165) is 22.3 Å². The van der Waals surface area contributed by atoms with E-state index in [0.29, 0.717) is 6.54 Å². The van der Waals surface area contributed by atoms with Crippen LogP contribution in [0, 0.1) is 0 Å². The van der Waals surface area contributed by atoms with Gasteiger partial charge in [-0.1, -0.05) is 6.07 Å². The molecule has 3 N–H and O–H groups in total. The highest BCUT2D eigenvalue weighted by Crippen LogP contribution is 2.23. The van der Waals surface area contributed by atoms with E-state index in [1.807, 2.05) is 43.3 Å². The number of fused-ring (bicyclic) bond motifs is 1. The molecule has 6 nitrogen and oxygen atoms in total. The standard InChI is InChI=1S/C14H18N6/c1-10(5-15)18-13-7-17-20-9-11(3-4-14(13)20)12-6-16-19(2)8-12/h3-4,6-10,18H,5,15H2,1-2H3. The van der Waals surface area contributed by atoms with E-state index in [1.54, 1.807) is 4.68 Å². The Morgan fingerprint density at radius 2 is 2.05 bits per heavy atom. The van der Waals surface area contributed by atoms with Gasteiger partial charge < -0.3 is 11.1 Å². The van der Waals surface area contributed by atoms with Gasteiger partial charge in [0.1, 0.15) is 0 Å². The van der Waals surface area contributed by atoms with Gasteiger partial charge in [-0.15, -0.1) is 0 Å². The lowest BCUT2D eigenvalue weighted by Crippen LogP contribution is -2.24. The number of aryl methyl sites for hydroxylation is 1. The summed E-state index contributed by atoms with van der Waals surface area (Å²) in [5, 5.41) is 11.9. The van der Waals surface area contributed by atoms with Gasteiger partial charge in [0.25, 0.3) is 0 Å². The Bertz CT molecular complexity index is 726. The van der Waals surface area contributed by atoms with Gasteiger partial charge in [-0.25, -0.2) is 4.52 Å². The summed E-state index contributed by atoms with van der Waals surface area (Å²) < 4.78 is 3.66. The third-order valence-electron chi connectivity index (χ3n) is 3.31. The first kappa shape index (κ1) is 12.7. The molecule has 0 aromatic carbocycles. The number of anilines is 1. The molecule has 3 aromatic heterocycles. The first-order chi connectivity index (χ1) is 9.67. The lowest BCUT2D eigenvalue weighted by atomic mass is 10.1. The summed E-state index contributed by atoms with van der Waals surface area (Å²) in [4.78, 5) is 0. The van der Waals surface area contributed by atoms with Gasteiger partial charge in [-0.05, 0) is 13.0 Å². The summed E-state index contributed by atoms with van der Waals surface area (Å²) in [6.45, 7) is 2.64. The Balaban J connectivity index is 1.97. The minimum Gasteiger partial charge on any atom is -0.378 e. The molecule has 0 spiro atoms. The predicted molar refractivity (Wildman–Crippen MR) is 79.5 cm³/mol. The third-order valence-corrected chi connectivity index (χ3v) is 3.31. The van der Waals surface area contributed by atoms with Crippen LogP contribution in [0.15, 0.2) is 36.9 Å². The molecule has 3 rings (SSSR count). The quantitative estimate of drug-likeness (QED) is 0.753. The summed E-state index contributed by atoms with van der Waals surface area (Å²) in [7, 11) is 1.91. The first-order valence-corrected chi connectivity index (χ1v) is 6.60. The molecule has 0 aliphatic rings. The van der Waals surface area contributed by atoms with E-state index in [1.165, 1.54) is 0 Å². The molecule has 0 radical (unpaired) electrons. The third kappa shape index (κ3) is 2.25. The topological polar surface area (TPSA) is 73.2 Å². The van der Waals surface area contributed by atoms with Crippen molar-refractivity contribution in [1.82, 2.24) is 19.4 Å². The van der Waals surface area contributed by atoms with Gasteiger partial charge in [0.15, 0.2) is 0 Å². The zero-order chi connectivity index (χ0) is 14.1. The Morgan fingerprint density at radius 3 is 2.75 bits per heavy atom. The fraction of sp³-hybridized carbons (Fsp3) is 0.286. The number of hydrogen-bond donors (Lipinski definition) is 2. The highest BCUT2D eigenvalue weighted by atomic mass is 15.2. The molecule has 1 atom stereocenters. The fourth-order valence-corrected chi connectivity index (χ4v) is 2.16. The van der Waals surface area contributed by atoms with Gasteiger partial charge in [-0.2, -0.15) is 10.2 Å². The lowest BCUT2D eigenvalue weighted by molar-refractivity contribution is 0.768. The molecule has 104 valence electrons. The summed E-state index contributed by atoms with van der Waals surface area (Å²) in [6.07, 6.45) is 7.67. The highest BCUT2D eigenvalue weighted by molar-refractivity contribution is 5.74. The zero-order valence-corrected chi connectivity index (χ0v) is 11.6. The molecular weight excluding hydrogens is 252 g/mol. The van der Waals surface area contributed by atoms with Crippen molar-refractivity contribution in [3.8, 4) is 11.1 Å². The molecule has 1 unspecified atom stereocenters. The summed E-state index contributed by atoms with van der Waals surface area (Å²) in [5.74, 6) is 0. The second-order valence-electron chi connectivity index (χ2n) is 4.99. The Kier molecular flexibility index (Phi) is 3.15. The highest BCUT2D eigenvalue weighted by Gasteiger charge is 2.08. The van der Waals surface area contributed by atoms with Gasteiger partial charge in [-0.3, -0.25) is 4.68 Å². The second kappa shape index (κ2) is 4.97. The molecule has 3 aromatic rings. The molecule has 0 saturated carbocycles. The van der Waals surface area contributed by atoms with Crippen molar-refractivity contribution in [2.75, 3.05) is 11.9 Å². The Labute approximate surface area is 117 Å². The Hall–Kier alpha value is -2.34. The van der Waals surface area contributed by atoms with Gasteiger partial charge in [0, 0.05) is 43.2 Å². The fourth-order valence-electron chi connectivity index (χ4n) is 2.16. The zero-order valence-electron chi connectivity index (χ0n) is 11.6. The smallest absolute Gasteiger partial charge is 0.0894 e. The first-order valence-electron chi connectivity index (χ1n) is 6.60. The van der Waals surface area contributed by atoms with Crippen molar-refractivity contribution in [2.24, 2.45) is 12.8 Å². The molecule has 3 heterocycles. The number of nitrogens with one attached hydrogen (secondary N) is 1. The molecule has 0 saturated heterocycles. The SMILES string of the molecule is CC(CN)Nc1cnn2cc(-c3cnn(C)c3)ccc12. The number of hydrogen-bond acceptors (Lipinski definition) is 4. The largest absolute Gasteiger partial charge is 0.378 e. The van der Waals surface area contributed by atoms with Crippen LogP contribution >= 0.6 is 0 Å². The van der Waals surface area contributed by atoms with E-state index < -0.39 is 0 Å². The van der Waals surface area contributed by atoms with Crippen LogP contribution < -0.4 is 11.1 Å². The van der Waals surface area contributed by atoms with Crippen LogP contribution in [-0.4, -0.2) is 32.0 Å². The van der Waals surface area contributed by atoms with E-state index in [9.17, 15) is 0 Å². The van der Waals surface area contributed by atoms with Crippen molar-refractivity contribution in [1.29, 1.82) is 0 Å². The van der Waals surface area contributed by atoms with Crippen molar-refractivity contribution < 1.29 is 0 Å². The predicted octanol–water partition coefficient (Wildman–Crippen LogP) is 1.49. The van der Waals surface area contributed by atoms with Crippen molar-refractivity contribution in [3.05, 3.63) is 36.9 Å². The minimum absolute atomic E-state index is 0.223. The molecular formula is C14H18N6. The minimum atomic E-state index is 0.223. The second-order valence-corrected chi connectivity index (χ2v) is 4.99. The monoisotopic (exact) mass is 270 g/mol. The van der Waals surface area contributed by atoms with Crippen LogP contribution in [0.25, 0.3) is 16.6 Å². The maximum atomic E-state index is 5.64. The van der Waals surface area contributed by atoms with Crippen LogP contribution in [0.3, 0.4) is 0 Å². The van der Waals surface area contributed by atoms with Crippen molar-refractivity contribution in [2.45, 2.75) is 13.0 Å². The normalized spacial score (nSPS) is 12.8. The van der Waals surface area contributed by atoms with E-state index >= 15 is 0 Å². The maximum absolute atomic E-state index is 5.64. The molecule has 0 bridgehead atoms. The van der Waals surface area contributed by atoms with E-state index in [4.69, 9.17) is 5.73 Å². The van der Waals surface area contributed by atoms with Gasteiger partial charge in [0.2, 0.25) is 0 Å². The van der Waals surface area contributed by atoms with Gasteiger partial charge >= 0.3 is 0 Å². The number of nitrogens with two attached hydrogens (primary N) is 1. The van der Waals surface area contributed by atoms with E-state index in [-0.39, 0.29) is 6.04 Å². The van der Waals surface area contributed by atoms with Crippen LogP contribution in [0.4, 0.5) is 5.69 Å². The summed E-state index contributed by atoms with van der Waals surface area (Å²) in [6, 6.07) is 4.36. The molecule has 20 heavy (non-hydrogen) atoms. The summed E-state index contributed by atoms with van der Waals surface area (Å²) >= 11 is 0. The molecule has 0 amide bonds. The van der Waals surface area contributed by atoms with Crippen molar-refractivity contribution in [3.63, 3.8) is 0 Å². The summed E-state index contributed by atoms with van der Waals surface area (Å²) in [5.41, 5.74) is 9.84. The average Bonchev–Trinajstić information content (AvgIpc) is 3.05. The van der Waals surface area contributed by atoms with Crippen molar-refractivity contribution >= 4 is 11.2 Å². The lowest BCUT2D eigenvalue weighted by Gasteiger charge is -2.11. The number of rotatable bonds is 4. The van der Waals surface area contributed by atoms with Crippen LogP contribution in [0.5, 0.6) is 0 Å². The van der Waals surface area contributed by atoms with Crippen LogP contribution in [-0.2, 0) is 7.05 Å². The van der Waals surface area contributed by atoms with Crippen LogP contribution in [0.1, 0.15) is 6.92 Å².